The number of rotatable bonds is 4. The van der Waals surface area contributed by atoms with Gasteiger partial charge in [-0.15, -0.1) is 12.4 Å². The molecule has 1 aromatic heterocycles. The topological polar surface area (TPSA) is 59.2 Å². The highest BCUT2D eigenvalue weighted by Crippen LogP contribution is 2.13. The highest BCUT2D eigenvalue weighted by atomic mass is 35.5. The van der Waals surface area contributed by atoms with Crippen molar-refractivity contribution in [1.82, 2.24) is 9.88 Å². The van der Waals surface area contributed by atoms with Gasteiger partial charge in [0.15, 0.2) is 0 Å². The number of likely N-dealkylation sites (N-methyl/N-ethyl adjacent to an activating group) is 1. The van der Waals surface area contributed by atoms with E-state index in [-0.39, 0.29) is 18.3 Å². The predicted octanol–water partition coefficient (Wildman–Crippen LogP) is 2.16. The van der Waals surface area contributed by atoms with E-state index in [1.54, 1.807) is 24.3 Å². The molecule has 0 bridgehead atoms. The quantitative estimate of drug-likeness (QED) is 0.939. The smallest absolute Gasteiger partial charge is 0.244 e. The summed E-state index contributed by atoms with van der Waals surface area (Å²) in [5.74, 6) is -0.102. The Balaban J connectivity index is 0.00000200. The molecule has 1 amide bonds. The summed E-state index contributed by atoms with van der Waals surface area (Å²) in [5.41, 5.74) is 7.80. The zero-order valence-electron chi connectivity index (χ0n) is 11.3. The van der Waals surface area contributed by atoms with Gasteiger partial charge in [-0.1, -0.05) is 36.4 Å². The van der Waals surface area contributed by atoms with E-state index < -0.39 is 6.04 Å². The maximum atomic E-state index is 12.2. The maximum Gasteiger partial charge on any atom is 0.244 e. The summed E-state index contributed by atoms with van der Waals surface area (Å²) in [6, 6.07) is 12.5. The molecular weight excluding hydrogens is 274 g/mol. The van der Waals surface area contributed by atoms with Crippen LogP contribution in [0.15, 0.2) is 54.9 Å². The zero-order chi connectivity index (χ0) is 13.7. The predicted molar refractivity (Wildman–Crippen MR) is 81.3 cm³/mol. The molecule has 0 aliphatic rings. The lowest BCUT2D eigenvalue weighted by Crippen LogP contribution is -2.35. The van der Waals surface area contributed by atoms with Crippen molar-refractivity contribution >= 4 is 18.3 Å². The molecule has 0 aliphatic carbocycles. The normalized spacial score (nSPS) is 11.3. The van der Waals surface area contributed by atoms with E-state index in [9.17, 15) is 4.79 Å². The second kappa shape index (κ2) is 7.62. The molecule has 0 fully saturated rings. The minimum atomic E-state index is -0.622. The van der Waals surface area contributed by atoms with Crippen LogP contribution in [0.1, 0.15) is 17.2 Å². The Labute approximate surface area is 125 Å². The summed E-state index contributed by atoms with van der Waals surface area (Å²) in [4.78, 5) is 17.9. The molecule has 0 saturated heterocycles. The number of amides is 1. The number of hydrogen-bond acceptors (Lipinski definition) is 3. The van der Waals surface area contributed by atoms with Crippen LogP contribution in [0.2, 0.25) is 0 Å². The Morgan fingerprint density at radius 3 is 2.55 bits per heavy atom. The molecule has 0 radical (unpaired) electrons. The van der Waals surface area contributed by atoms with Gasteiger partial charge in [-0.3, -0.25) is 9.78 Å². The Morgan fingerprint density at radius 2 is 1.95 bits per heavy atom. The molecule has 5 heteroatoms. The fraction of sp³-hybridized carbons (Fsp3) is 0.200. The average molecular weight is 292 g/mol. The first-order valence-corrected chi connectivity index (χ1v) is 6.13. The van der Waals surface area contributed by atoms with E-state index >= 15 is 0 Å². The van der Waals surface area contributed by atoms with Crippen LogP contribution in [0, 0.1) is 0 Å². The molecule has 4 nitrogen and oxygen atoms in total. The molecule has 1 atom stereocenters. The molecule has 1 aromatic carbocycles. The van der Waals surface area contributed by atoms with E-state index in [1.807, 2.05) is 42.5 Å². The summed E-state index contributed by atoms with van der Waals surface area (Å²) in [5, 5.41) is 0. The molecule has 0 saturated carbocycles. The first-order valence-electron chi connectivity index (χ1n) is 6.13. The van der Waals surface area contributed by atoms with Crippen LogP contribution < -0.4 is 5.73 Å². The molecule has 106 valence electrons. The van der Waals surface area contributed by atoms with Crippen LogP contribution >= 0.6 is 12.4 Å². The summed E-state index contributed by atoms with van der Waals surface area (Å²) in [6.07, 6.45) is 3.46. The number of nitrogens with zero attached hydrogens (tertiary/aromatic N) is 2. The van der Waals surface area contributed by atoms with Crippen molar-refractivity contribution in [2.45, 2.75) is 12.6 Å². The number of pyridine rings is 1. The summed E-state index contributed by atoms with van der Waals surface area (Å²) in [6.45, 7) is 0.507. The van der Waals surface area contributed by atoms with E-state index in [2.05, 4.69) is 4.98 Å². The van der Waals surface area contributed by atoms with Crippen LogP contribution in [-0.2, 0) is 11.3 Å². The summed E-state index contributed by atoms with van der Waals surface area (Å²) >= 11 is 0. The van der Waals surface area contributed by atoms with Crippen molar-refractivity contribution in [2.24, 2.45) is 5.73 Å². The summed E-state index contributed by atoms with van der Waals surface area (Å²) < 4.78 is 0. The monoisotopic (exact) mass is 291 g/mol. The molecule has 2 rings (SSSR count). The van der Waals surface area contributed by atoms with Crippen LogP contribution in [0.25, 0.3) is 0 Å². The zero-order valence-corrected chi connectivity index (χ0v) is 12.1. The number of carbonyl (C=O) groups excluding carboxylic acids is 1. The Morgan fingerprint density at radius 1 is 1.25 bits per heavy atom. The average Bonchev–Trinajstić information content (AvgIpc) is 2.47. The molecular formula is C15H18ClN3O. The number of benzene rings is 1. The third kappa shape index (κ3) is 4.05. The minimum absolute atomic E-state index is 0. The maximum absolute atomic E-state index is 12.2. The lowest BCUT2D eigenvalue weighted by atomic mass is 10.1. The molecule has 2 N–H and O–H groups in total. The largest absolute Gasteiger partial charge is 0.340 e. The van der Waals surface area contributed by atoms with Gasteiger partial charge in [0.25, 0.3) is 0 Å². The molecule has 1 heterocycles. The Hall–Kier alpha value is -1.91. The number of aromatic nitrogens is 1. The lowest BCUT2D eigenvalue weighted by molar-refractivity contribution is -0.131. The second-order valence-electron chi connectivity index (χ2n) is 4.44. The van der Waals surface area contributed by atoms with Crippen molar-refractivity contribution in [3.63, 3.8) is 0 Å². The van der Waals surface area contributed by atoms with Gasteiger partial charge in [0.1, 0.15) is 6.04 Å². The van der Waals surface area contributed by atoms with Crippen molar-refractivity contribution in [1.29, 1.82) is 0 Å². The number of hydrogen-bond donors (Lipinski definition) is 1. The van der Waals surface area contributed by atoms with Gasteiger partial charge in [0.05, 0.1) is 0 Å². The van der Waals surface area contributed by atoms with Crippen LogP contribution in [0.4, 0.5) is 0 Å². The number of halogens is 1. The first-order chi connectivity index (χ1) is 9.18. The fourth-order valence-corrected chi connectivity index (χ4v) is 1.88. The van der Waals surface area contributed by atoms with Gasteiger partial charge in [0.2, 0.25) is 5.91 Å². The van der Waals surface area contributed by atoms with Gasteiger partial charge in [0, 0.05) is 26.0 Å². The van der Waals surface area contributed by atoms with Gasteiger partial charge >= 0.3 is 0 Å². The van der Waals surface area contributed by atoms with E-state index in [0.717, 1.165) is 11.1 Å². The van der Waals surface area contributed by atoms with Crippen LogP contribution in [0.3, 0.4) is 0 Å². The second-order valence-corrected chi connectivity index (χ2v) is 4.44. The van der Waals surface area contributed by atoms with Crippen LogP contribution in [0.5, 0.6) is 0 Å². The highest BCUT2D eigenvalue weighted by molar-refractivity contribution is 5.85. The number of nitrogens with two attached hydrogens (primary N) is 1. The number of carbonyl (C=O) groups is 1. The minimum Gasteiger partial charge on any atom is -0.340 e. The lowest BCUT2D eigenvalue weighted by Gasteiger charge is -2.21. The standard InChI is InChI=1S/C15H17N3O.ClH/c1-18(11-12-6-5-9-17-10-12)15(19)14(16)13-7-3-2-4-8-13;/h2-10,14H,11,16H2,1H3;1H. The van der Waals surface area contributed by atoms with Crippen molar-refractivity contribution in [3.8, 4) is 0 Å². The highest BCUT2D eigenvalue weighted by Gasteiger charge is 2.19. The van der Waals surface area contributed by atoms with Crippen molar-refractivity contribution in [2.75, 3.05) is 7.05 Å². The molecule has 0 aliphatic heterocycles. The summed E-state index contributed by atoms with van der Waals surface area (Å²) in [7, 11) is 1.75. The molecule has 2 aromatic rings. The van der Waals surface area contributed by atoms with Gasteiger partial charge < -0.3 is 10.6 Å². The molecule has 1 unspecified atom stereocenters. The van der Waals surface area contributed by atoms with E-state index in [4.69, 9.17) is 5.73 Å². The van der Waals surface area contributed by atoms with Crippen molar-refractivity contribution in [3.05, 3.63) is 66.0 Å². The van der Waals surface area contributed by atoms with E-state index in [0.29, 0.717) is 6.54 Å². The fourth-order valence-electron chi connectivity index (χ4n) is 1.88. The SMILES string of the molecule is CN(Cc1cccnc1)C(=O)C(N)c1ccccc1.Cl. The van der Waals surface area contributed by atoms with Gasteiger partial charge in [-0.05, 0) is 17.2 Å². The van der Waals surface area contributed by atoms with Gasteiger partial charge in [-0.25, -0.2) is 0 Å². The van der Waals surface area contributed by atoms with Crippen LogP contribution in [-0.4, -0.2) is 22.8 Å². The van der Waals surface area contributed by atoms with E-state index in [1.165, 1.54) is 0 Å². The third-order valence-corrected chi connectivity index (χ3v) is 2.94. The molecule has 20 heavy (non-hydrogen) atoms. The Bertz CT molecular complexity index is 533. The molecule has 0 spiro atoms. The van der Waals surface area contributed by atoms with Crippen molar-refractivity contribution < 1.29 is 4.79 Å². The first kappa shape index (κ1) is 16.1. The third-order valence-electron chi connectivity index (χ3n) is 2.94. The van der Waals surface area contributed by atoms with Gasteiger partial charge in [-0.2, -0.15) is 0 Å². The Kier molecular flexibility index (Phi) is 6.15.